The number of anilines is 5. The van der Waals surface area contributed by atoms with Crippen LogP contribution in [0.2, 0.25) is 10.0 Å². The molecule has 4 rings (SSSR count). The molecule has 0 spiro atoms. The molecule has 1 fully saturated rings. The Morgan fingerprint density at radius 1 is 0.862 bits per heavy atom. The molecule has 2 heterocycles. The molecule has 1 amide bonds. The van der Waals surface area contributed by atoms with Crippen LogP contribution in [0.25, 0.3) is 0 Å². The third-order valence-corrected chi connectivity index (χ3v) is 4.96. The lowest BCUT2D eigenvalue weighted by Gasteiger charge is -2.15. The van der Waals surface area contributed by atoms with E-state index in [9.17, 15) is 9.59 Å². The summed E-state index contributed by atoms with van der Waals surface area (Å²) in [5.74, 6) is 0.412. The Labute approximate surface area is 179 Å². The van der Waals surface area contributed by atoms with Crippen molar-refractivity contribution in [3.63, 3.8) is 0 Å². The summed E-state index contributed by atoms with van der Waals surface area (Å²) in [5.41, 5.74) is 1.31. The van der Waals surface area contributed by atoms with Crippen molar-refractivity contribution in [2.45, 2.75) is 0 Å². The van der Waals surface area contributed by atoms with Crippen molar-refractivity contribution in [2.75, 3.05) is 22.1 Å². The first-order chi connectivity index (χ1) is 14.0. The second-order valence-corrected chi connectivity index (χ2v) is 7.76. The van der Waals surface area contributed by atoms with Crippen LogP contribution in [0.5, 0.6) is 0 Å². The number of aromatic nitrogens is 3. The number of halogens is 2. The maximum Gasteiger partial charge on any atom is 0.296 e. The molecule has 1 saturated heterocycles. The van der Waals surface area contributed by atoms with Gasteiger partial charge >= 0.3 is 0 Å². The third kappa shape index (κ3) is 4.76. The Bertz CT molecular complexity index is 1050. The predicted octanol–water partition coefficient (Wildman–Crippen LogP) is 4.87. The van der Waals surface area contributed by atoms with Crippen molar-refractivity contribution >= 4 is 74.5 Å². The standard InChI is InChI=1S/C18H12Cl2N6O2S/c19-10-3-1-5-12(7-10)21-15-23-16(22-13-6-2-4-11(20)8-13)25-17(24-15)26-9-14(27)29-18(26)28/h1-8H,9H2,(H2,21,22,23,24,25). The van der Waals surface area contributed by atoms with Gasteiger partial charge in [0.1, 0.15) is 0 Å². The van der Waals surface area contributed by atoms with Gasteiger partial charge in [0, 0.05) is 33.2 Å². The van der Waals surface area contributed by atoms with Crippen LogP contribution in [0.1, 0.15) is 0 Å². The van der Waals surface area contributed by atoms with Crippen molar-refractivity contribution in [2.24, 2.45) is 0 Å². The summed E-state index contributed by atoms with van der Waals surface area (Å²) >= 11 is 12.7. The molecule has 0 radical (unpaired) electrons. The predicted molar refractivity (Wildman–Crippen MR) is 115 cm³/mol. The molecule has 8 nitrogen and oxygen atoms in total. The van der Waals surface area contributed by atoms with Gasteiger partial charge in [0.15, 0.2) is 0 Å². The number of hydrogen-bond acceptors (Lipinski definition) is 8. The van der Waals surface area contributed by atoms with Gasteiger partial charge in [-0.1, -0.05) is 35.3 Å². The number of rotatable bonds is 5. The van der Waals surface area contributed by atoms with Crippen LogP contribution in [0.3, 0.4) is 0 Å². The second-order valence-electron chi connectivity index (χ2n) is 5.88. The summed E-state index contributed by atoms with van der Waals surface area (Å²) in [7, 11) is 0. The van der Waals surface area contributed by atoms with Gasteiger partial charge in [-0.05, 0) is 36.4 Å². The van der Waals surface area contributed by atoms with Crippen molar-refractivity contribution in [3.8, 4) is 0 Å². The summed E-state index contributed by atoms with van der Waals surface area (Å²) in [6.07, 6.45) is 0. The molecule has 1 aliphatic heterocycles. The number of thioether (sulfide) groups is 1. The van der Waals surface area contributed by atoms with Crippen molar-refractivity contribution in [3.05, 3.63) is 58.6 Å². The highest BCUT2D eigenvalue weighted by atomic mass is 35.5. The molecule has 1 aliphatic rings. The Kier molecular flexibility index (Phi) is 5.52. The molecule has 0 aliphatic carbocycles. The van der Waals surface area contributed by atoms with Gasteiger partial charge < -0.3 is 10.6 Å². The molecule has 0 atom stereocenters. The van der Waals surface area contributed by atoms with E-state index in [-0.39, 0.29) is 29.5 Å². The average Bonchev–Trinajstić information content (AvgIpc) is 3.00. The van der Waals surface area contributed by atoms with E-state index in [1.165, 1.54) is 4.90 Å². The number of hydrogen-bond donors (Lipinski definition) is 2. The summed E-state index contributed by atoms with van der Waals surface area (Å²) in [4.78, 5) is 37.8. The van der Waals surface area contributed by atoms with Gasteiger partial charge in [0.25, 0.3) is 5.24 Å². The summed E-state index contributed by atoms with van der Waals surface area (Å²) in [5, 5.41) is 6.42. The first-order valence-electron chi connectivity index (χ1n) is 8.30. The van der Waals surface area contributed by atoms with Crippen LogP contribution >= 0.6 is 35.0 Å². The van der Waals surface area contributed by atoms with Crippen LogP contribution in [0.15, 0.2) is 48.5 Å². The Morgan fingerprint density at radius 3 is 1.86 bits per heavy atom. The summed E-state index contributed by atoms with van der Waals surface area (Å²) < 4.78 is 0. The lowest BCUT2D eigenvalue weighted by atomic mass is 10.3. The minimum absolute atomic E-state index is 0.0532. The van der Waals surface area contributed by atoms with Crippen molar-refractivity contribution < 1.29 is 9.59 Å². The van der Waals surface area contributed by atoms with Crippen LogP contribution in [-0.2, 0) is 4.79 Å². The topological polar surface area (TPSA) is 100 Å². The molecular weight excluding hydrogens is 435 g/mol. The molecule has 11 heteroatoms. The second kappa shape index (κ2) is 8.24. The number of carbonyl (C=O) groups excluding carboxylic acids is 2. The van der Waals surface area contributed by atoms with Crippen LogP contribution in [0, 0.1) is 0 Å². The van der Waals surface area contributed by atoms with Gasteiger partial charge in [-0.2, -0.15) is 15.0 Å². The van der Waals surface area contributed by atoms with E-state index in [4.69, 9.17) is 23.2 Å². The third-order valence-electron chi connectivity index (χ3n) is 3.74. The Morgan fingerprint density at radius 2 is 1.41 bits per heavy atom. The molecule has 3 aromatic rings. The highest BCUT2D eigenvalue weighted by molar-refractivity contribution is 8.27. The minimum atomic E-state index is -0.441. The van der Waals surface area contributed by atoms with Crippen molar-refractivity contribution in [1.29, 1.82) is 0 Å². The van der Waals surface area contributed by atoms with Gasteiger partial charge in [-0.15, -0.1) is 0 Å². The summed E-state index contributed by atoms with van der Waals surface area (Å²) in [6.45, 7) is -0.110. The highest BCUT2D eigenvalue weighted by Crippen LogP contribution is 2.27. The van der Waals surface area contributed by atoms with Gasteiger partial charge in [-0.3, -0.25) is 14.5 Å². The normalized spacial score (nSPS) is 13.7. The van der Waals surface area contributed by atoms with Crippen LogP contribution in [-0.4, -0.2) is 31.9 Å². The SMILES string of the molecule is O=C1CN(c2nc(Nc3cccc(Cl)c3)nc(Nc3cccc(Cl)c3)n2)C(=O)S1. The van der Waals surface area contributed by atoms with E-state index in [0.717, 1.165) is 0 Å². The zero-order valence-corrected chi connectivity index (χ0v) is 16.9. The van der Waals surface area contributed by atoms with E-state index in [1.807, 2.05) is 0 Å². The molecule has 2 aromatic carbocycles. The molecule has 2 N–H and O–H groups in total. The number of nitrogens with zero attached hydrogens (tertiary/aromatic N) is 4. The van der Waals surface area contributed by atoms with Crippen LogP contribution in [0.4, 0.5) is 34.0 Å². The van der Waals surface area contributed by atoms with E-state index in [2.05, 4.69) is 25.6 Å². The van der Waals surface area contributed by atoms with E-state index < -0.39 is 5.24 Å². The quantitative estimate of drug-likeness (QED) is 0.572. The van der Waals surface area contributed by atoms with Crippen molar-refractivity contribution in [1.82, 2.24) is 15.0 Å². The molecule has 29 heavy (non-hydrogen) atoms. The monoisotopic (exact) mass is 446 g/mol. The molecule has 0 bridgehead atoms. The van der Waals surface area contributed by atoms with Crippen LogP contribution < -0.4 is 15.5 Å². The largest absolute Gasteiger partial charge is 0.324 e. The average molecular weight is 447 g/mol. The smallest absolute Gasteiger partial charge is 0.296 e. The van der Waals surface area contributed by atoms with E-state index >= 15 is 0 Å². The Balaban J connectivity index is 1.70. The minimum Gasteiger partial charge on any atom is -0.324 e. The molecular formula is C18H12Cl2N6O2S. The maximum atomic E-state index is 12.1. The molecule has 146 valence electrons. The van der Waals surface area contributed by atoms with E-state index in [0.29, 0.717) is 33.2 Å². The van der Waals surface area contributed by atoms with Gasteiger partial charge in [0.05, 0.1) is 6.54 Å². The highest BCUT2D eigenvalue weighted by Gasteiger charge is 2.32. The fourth-order valence-corrected chi connectivity index (χ4v) is 3.54. The first kappa shape index (κ1) is 19.4. The fourth-order valence-electron chi connectivity index (χ4n) is 2.52. The number of carbonyl (C=O) groups is 2. The number of benzene rings is 2. The maximum absolute atomic E-state index is 12.1. The summed E-state index contributed by atoms with van der Waals surface area (Å²) in [6, 6.07) is 14.0. The zero-order valence-electron chi connectivity index (χ0n) is 14.6. The van der Waals surface area contributed by atoms with E-state index in [1.54, 1.807) is 48.5 Å². The molecule has 0 unspecified atom stereocenters. The number of nitrogens with one attached hydrogen (secondary N) is 2. The van der Waals surface area contributed by atoms with Gasteiger partial charge in [-0.25, -0.2) is 0 Å². The number of amides is 1. The first-order valence-corrected chi connectivity index (χ1v) is 9.87. The fraction of sp³-hybridized carbons (Fsp3) is 0.0556. The lowest BCUT2D eigenvalue weighted by molar-refractivity contribution is -0.109. The Hall–Kier alpha value is -2.88. The van der Waals surface area contributed by atoms with Gasteiger partial charge in [0.2, 0.25) is 23.0 Å². The zero-order chi connectivity index (χ0) is 20.4. The lowest BCUT2D eigenvalue weighted by Crippen LogP contribution is -2.26. The molecule has 1 aromatic heterocycles. The molecule has 0 saturated carbocycles.